The van der Waals surface area contributed by atoms with E-state index in [9.17, 15) is 9.59 Å². The molecule has 0 saturated carbocycles. The zero-order valence-corrected chi connectivity index (χ0v) is 17.8. The number of nitrogens with one attached hydrogen (secondary N) is 1. The predicted octanol–water partition coefficient (Wildman–Crippen LogP) is 2.84. The molecule has 0 unspecified atom stereocenters. The van der Waals surface area contributed by atoms with Gasteiger partial charge in [0.15, 0.2) is 5.69 Å². The van der Waals surface area contributed by atoms with Gasteiger partial charge < -0.3 is 19.5 Å². The number of aromatic nitrogens is 2. The minimum absolute atomic E-state index is 0.00453. The SMILES string of the molecule is CCCNC(=O)C1CCN(C(=O)c2ncn3c2CO[C@@H](c2ccc(C)cc2)C3)CC1. The Morgan fingerprint density at radius 2 is 1.93 bits per heavy atom. The second kappa shape index (κ2) is 9.00. The van der Waals surface area contributed by atoms with E-state index >= 15 is 0 Å². The molecule has 2 amide bonds. The Morgan fingerprint density at radius 3 is 2.63 bits per heavy atom. The van der Waals surface area contributed by atoms with Crippen LogP contribution < -0.4 is 5.32 Å². The van der Waals surface area contributed by atoms with Gasteiger partial charge in [0, 0.05) is 25.6 Å². The van der Waals surface area contributed by atoms with Crippen LogP contribution in [0.4, 0.5) is 0 Å². The number of carbonyl (C=O) groups is 2. The van der Waals surface area contributed by atoms with E-state index in [1.165, 1.54) is 5.56 Å². The summed E-state index contributed by atoms with van der Waals surface area (Å²) < 4.78 is 8.10. The number of hydrogen-bond donors (Lipinski definition) is 1. The molecule has 2 aromatic rings. The molecule has 1 N–H and O–H groups in total. The molecule has 7 heteroatoms. The molecule has 0 spiro atoms. The van der Waals surface area contributed by atoms with Crippen molar-refractivity contribution >= 4 is 11.8 Å². The lowest BCUT2D eigenvalue weighted by atomic mass is 9.95. The van der Waals surface area contributed by atoms with E-state index in [2.05, 4.69) is 41.5 Å². The highest BCUT2D eigenvalue weighted by Gasteiger charge is 2.32. The summed E-state index contributed by atoms with van der Waals surface area (Å²) >= 11 is 0. The van der Waals surface area contributed by atoms with Gasteiger partial charge in [0.1, 0.15) is 6.10 Å². The second-order valence-corrected chi connectivity index (χ2v) is 8.26. The number of carbonyl (C=O) groups excluding carboxylic acids is 2. The molecule has 3 heterocycles. The first kappa shape index (κ1) is 20.6. The third-order valence-electron chi connectivity index (χ3n) is 6.08. The van der Waals surface area contributed by atoms with Crippen molar-refractivity contribution in [3.63, 3.8) is 0 Å². The van der Waals surface area contributed by atoms with E-state index in [4.69, 9.17) is 4.74 Å². The van der Waals surface area contributed by atoms with E-state index in [0.29, 0.717) is 51.3 Å². The number of likely N-dealkylation sites (tertiary alicyclic amines) is 1. The summed E-state index contributed by atoms with van der Waals surface area (Å²) in [6.45, 7) is 7.01. The number of hydrogen-bond acceptors (Lipinski definition) is 4. The molecule has 2 aliphatic rings. The van der Waals surface area contributed by atoms with E-state index in [1.54, 1.807) is 6.33 Å². The quantitative estimate of drug-likeness (QED) is 0.822. The van der Waals surface area contributed by atoms with E-state index in [0.717, 1.165) is 17.7 Å². The number of ether oxygens (including phenoxy) is 1. The number of piperidine rings is 1. The molecule has 160 valence electrons. The Bertz CT molecular complexity index is 898. The van der Waals surface area contributed by atoms with Gasteiger partial charge in [-0.3, -0.25) is 9.59 Å². The van der Waals surface area contributed by atoms with Crippen LogP contribution in [0.25, 0.3) is 0 Å². The van der Waals surface area contributed by atoms with Crippen LogP contribution in [0, 0.1) is 12.8 Å². The summed E-state index contributed by atoms with van der Waals surface area (Å²) in [4.78, 5) is 31.5. The van der Waals surface area contributed by atoms with Gasteiger partial charge in [0.25, 0.3) is 5.91 Å². The molecule has 0 bridgehead atoms. The van der Waals surface area contributed by atoms with Crippen LogP contribution in [-0.4, -0.2) is 45.9 Å². The third kappa shape index (κ3) is 4.26. The van der Waals surface area contributed by atoms with E-state index < -0.39 is 0 Å². The average Bonchev–Trinajstić information content (AvgIpc) is 3.21. The first-order valence-corrected chi connectivity index (χ1v) is 10.9. The van der Waals surface area contributed by atoms with Crippen molar-refractivity contribution in [2.24, 2.45) is 5.92 Å². The number of fused-ring (bicyclic) bond motifs is 1. The van der Waals surface area contributed by atoms with Gasteiger partial charge >= 0.3 is 0 Å². The minimum atomic E-state index is -0.0615. The average molecular weight is 411 g/mol. The summed E-state index contributed by atoms with van der Waals surface area (Å²) in [5.41, 5.74) is 3.67. The second-order valence-electron chi connectivity index (χ2n) is 8.26. The molecule has 1 fully saturated rings. The molecule has 0 radical (unpaired) electrons. The molecule has 30 heavy (non-hydrogen) atoms. The number of amides is 2. The Labute approximate surface area is 177 Å². The summed E-state index contributed by atoms with van der Waals surface area (Å²) in [5.74, 6) is 0.0440. The first-order valence-electron chi connectivity index (χ1n) is 10.9. The molecule has 2 aliphatic heterocycles. The molecule has 1 aromatic carbocycles. The van der Waals surface area contributed by atoms with Gasteiger partial charge in [0.05, 0.1) is 25.2 Å². The van der Waals surface area contributed by atoms with Crippen LogP contribution in [0.5, 0.6) is 0 Å². The van der Waals surface area contributed by atoms with E-state index in [-0.39, 0.29) is 23.8 Å². The van der Waals surface area contributed by atoms with Crippen molar-refractivity contribution < 1.29 is 14.3 Å². The monoisotopic (exact) mass is 410 g/mol. The topological polar surface area (TPSA) is 76.5 Å². The number of rotatable bonds is 5. The molecule has 1 atom stereocenters. The lowest BCUT2D eigenvalue weighted by Crippen LogP contribution is -2.43. The first-order chi connectivity index (χ1) is 14.6. The van der Waals surface area contributed by atoms with Crippen molar-refractivity contribution in [2.75, 3.05) is 19.6 Å². The Morgan fingerprint density at radius 1 is 1.20 bits per heavy atom. The number of aryl methyl sites for hydroxylation is 1. The van der Waals surface area contributed by atoms with Crippen LogP contribution in [0.15, 0.2) is 30.6 Å². The zero-order chi connectivity index (χ0) is 21.1. The van der Waals surface area contributed by atoms with Crippen molar-refractivity contribution in [3.05, 3.63) is 53.1 Å². The lowest BCUT2D eigenvalue weighted by Gasteiger charge is -2.31. The summed E-state index contributed by atoms with van der Waals surface area (Å²) in [5, 5.41) is 2.96. The fourth-order valence-corrected chi connectivity index (χ4v) is 4.18. The number of benzene rings is 1. The summed E-state index contributed by atoms with van der Waals surface area (Å²) in [6.07, 6.45) is 4.04. The molecular weight excluding hydrogens is 380 g/mol. The predicted molar refractivity (Wildman–Crippen MR) is 113 cm³/mol. The summed E-state index contributed by atoms with van der Waals surface area (Å²) in [7, 11) is 0. The maximum atomic E-state index is 13.1. The standard InChI is InChI=1S/C23H30N4O3/c1-3-10-24-22(28)18-8-11-26(12-9-18)23(29)21-19-14-30-20(13-27(19)15-25-21)17-6-4-16(2)5-7-17/h4-7,15,18,20H,3,8-14H2,1-2H3,(H,24,28)/t20-/m1/s1. The van der Waals surface area contributed by atoms with E-state index in [1.807, 2.05) is 16.4 Å². The largest absolute Gasteiger partial charge is 0.365 e. The maximum absolute atomic E-state index is 13.1. The molecule has 7 nitrogen and oxygen atoms in total. The van der Waals surface area contributed by atoms with Gasteiger partial charge in [-0.05, 0) is 31.7 Å². The maximum Gasteiger partial charge on any atom is 0.274 e. The zero-order valence-electron chi connectivity index (χ0n) is 17.8. The molecule has 1 aromatic heterocycles. The van der Waals surface area contributed by atoms with Crippen LogP contribution >= 0.6 is 0 Å². The van der Waals surface area contributed by atoms with Crippen molar-refractivity contribution in [1.29, 1.82) is 0 Å². The van der Waals surface area contributed by atoms with Crippen LogP contribution in [0.2, 0.25) is 0 Å². The summed E-state index contributed by atoms with van der Waals surface area (Å²) in [6, 6.07) is 8.36. The fraction of sp³-hybridized carbons (Fsp3) is 0.522. The van der Waals surface area contributed by atoms with Crippen molar-refractivity contribution in [2.45, 2.75) is 52.4 Å². The van der Waals surface area contributed by atoms with Gasteiger partial charge in [-0.1, -0.05) is 36.8 Å². The van der Waals surface area contributed by atoms with Gasteiger partial charge in [-0.25, -0.2) is 4.98 Å². The van der Waals surface area contributed by atoms with Crippen molar-refractivity contribution in [1.82, 2.24) is 19.8 Å². The third-order valence-corrected chi connectivity index (χ3v) is 6.08. The van der Waals surface area contributed by atoms with Crippen LogP contribution in [0.1, 0.15) is 59.6 Å². The smallest absolute Gasteiger partial charge is 0.274 e. The number of imidazole rings is 1. The Balaban J connectivity index is 1.38. The molecular formula is C23H30N4O3. The highest BCUT2D eigenvalue weighted by atomic mass is 16.5. The minimum Gasteiger partial charge on any atom is -0.365 e. The van der Waals surface area contributed by atoms with Crippen LogP contribution in [0.3, 0.4) is 0 Å². The van der Waals surface area contributed by atoms with Gasteiger partial charge in [-0.2, -0.15) is 0 Å². The highest BCUT2D eigenvalue weighted by molar-refractivity contribution is 5.93. The lowest BCUT2D eigenvalue weighted by molar-refractivity contribution is -0.126. The molecule has 1 saturated heterocycles. The Kier molecular flexibility index (Phi) is 6.18. The highest BCUT2D eigenvalue weighted by Crippen LogP contribution is 2.29. The fourth-order valence-electron chi connectivity index (χ4n) is 4.18. The number of nitrogens with zero attached hydrogens (tertiary/aromatic N) is 3. The molecule has 4 rings (SSSR count). The Hall–Kier alpha value is -2.67. The van der Waals surface area contributed by atoms with Gasteiger partial charge in [0.2, 0.25) is 5.91 Å². The van der Waals surface area contributed by atoms with Crippen LogP contribution in [-0.2, 0) is 22.7 Å². The van der Waals surface area contributed by atoms with Crippen molar-refractivity contribution in [3.8, 4) is 0 Å². The normalized spacial score (nSPS) is 19.4. The molecule has 0 aliphatic carbocycles. The van der Waals surface area contributed by atoms with Gasteiger partial charge in [-0.15, -0.1) is 0 Å².